The van der Waals surface area contributed by atoms with Crippen molar-refractivity contribution in [2.75, 3.05) is 21.3 Å². The second-order valence-corrected chi connectivity index (χ2v) is 6.57. The molecule has 0 bridgehead atoms. The molecule has 0 aliphatic rings. The van der Waals surface area contributed by atoms with Gasteiger partial charge in [-0.3, -0.25) is 0 Å². The van der Waals surface area contributed by atoms with E-state index in [2.05, 4.69) is 15.0 Å². The van der Waals surface area contributed by atoms with Crippen molar-refractivity contribution < 1.29 is 23.8 Å². The molecule has 0 fully saturated rings. The molecule has 0 aliphatic heterocycles. The maximum Gasteiger partial charge on any atom is 0.407 e. The van der Waals surface area contributed by atoms with Gasteiger partial charge in [-0.25, -0.2) is 9.59 Å². The third kappa shape index (κ3) is 4.68. The number of fused-ring (bicyclic) bond motifs is 1. The fourth-order valence-corrected chi connectivity index (χ4v) is 3.33. The highest BCUT2D eigenvalue weighted by atomic mass is 16.5. The minimum absolute atomic E-state index is 0.275. The van der Waals surface area contributed by atoms with Gasteiger partial charge in [0.05, 0.1) is 21.3 Å². The highest BCUT2D eigenvalue weighted by Gasteiger charge is 2.25. The Hall–Kier alpha value is -3.48. The summed E-state index contributed by atoms with van der Waals surface area (Å²) in [6.07, 6.45) is 0.231. The zero-order valence-corrected chi connectivity index (χ0v) is 16.7. The first-order valence-corrected chi connectivity index (χ1v) is 9.19. The van der Waals surface area contributed by atoms with Gasteiger partial charge >= 0.3 is 12.1 Å². The molecule has 3 aromatic rings. The van der Waals surface area contributed by atoms with E-state index in [1.807, 2.05) is 48.5 Å². The van der Waals surface area contributed by atoms with Gasteiger partial charge in [0.15, 0.2) is 0 Å². The summed E-state index contributed by atoms with van der Waals surface area (Å²) in [6, 6.07) is 14.8. The van der Waals surface area contributed by atoms with Gasteiger partial charge in [0.25, 0.3) is 0 Å². The van der Waals surface area contributed by atoms with E-state index in [0.717, 1.165) is 33.5 Å². The molecule has 2 N–H and O–H groups in total. The Labute approximate surface area is 169 Å². The normalized spacial score (nSPS) is 11.7. The Balaban J connectivity index is 1.96. The number of rotatable bonds is 7. The smallest absolute Gasteiger partial charge is 0.407 e. The maximum absolute atomic E-state index is 12.2. The fourth-order valence-electron chi connectivity index (χ4n) is 3.33. The van der Waals surface area contributed by atoms with E-state index in [9.17, 15) is 9.59 Å². The maximum atomic E-state index is 12.2. The van der Waals surface area contributed by atoms with Crippen molar-refractivity contribution in [3.63, 3.8) is 0 Å². The highest BCUT2D eigenvalue weighted by molar-refractivity contribution is 5.87. The predicted octanol–water partition coefficient (Wildman–Crippen LogP) is 3.21. The summed E-state index contributed by atoms with van der Waals surface area (Å²) in [4.78, 5) is 27.4. The lowest BCUT2D eigenvalue weighted by atomic mass is 9.99. The number of methoxy groups -OCH3 is 3. The quantitative estimate of drug-likeness (QED) is 0.599. The Morgan fingerprint density at radius 2 is 1.72 bits per heavy atom. The molecule has 0 spiro atoms. The van der Waals surface area contributed by atoms with Crippen LogP contribution in [0.3, 0.4) is 0 Å². The van der Waals surface area contributed by atoms with Crippen molar-refractivity contribution >= 4 is 23.0 Å². The number of benzene rings is 2. The van der Waals surface area contributed by atoms with Crippen molar-refractivity contribution in [1.29, 1.82) is 0 Å². The van der Waals surface area contributed by atoms with Crippen molar-refractivity contribution in [2.24, 2.45) is 0 Å². The molecule has 29 heavy (non-hydrogen) atoms. The number of carbonyl (C=O) groups excluding carboxylic acids is 2. The number of ether oxygens (including phenoxy) is 3. The molecule has 7 heteroatoms. The van der Waals surface area contributed by atoms with Crippen LogP contribution < -0.4 is 10.1 Å². The van der Waals surface area contributed by atoms with Gasteiger partial charge in [0.1, 0.15) is 11.8 Å². The fraction of sp³-hybridized carbons (Fsp3) is 0.273. The first-order chi connectivity index (χ1) is 14.0. The molecule has 1 heterocycles. The number of alkyl carbamates (subject to hydrolysis) is 1. The van der Waals surface area contributed by atoms with Gasteiger partial charge in [-0.2, -0.15) is 0 Å². The van der Waals surface area contributed by atoms with Crippen molar-refractivity contribution in [3.05, 3.63) is 65.4 Å². The average molecular weight is 396 g/mol. The first-order valence-electron chi connectivity index (χ1n) is 9.19. The van der Waals surface area contributed by atoms with Gasteiger partial charge < -0.3 is 24.5 Å². The van der Waals surface area contributed by atoms with Crippen LogP contribution in [0.5, 0.6) is 5.75 Å². The molecule has 0 saturated carbocycles. The molecule has 152 valence electrons. The minimum Gasteiger partial charge on any atom is -0.497 e. The predicted molar refractivity (Wildman–Crippen MR) is 109 cm³/mol. The lowest BCUT2D eigenvalue weighted by Gasteiger charge is -2.16. The largest absolute Gasteiger partial charge is 0.497 e. The van der Waals surface area contributed by atoms with Crippen LogP contribution >= 0.6 is 0 Å². The number of aromatic amines is 1. The summed E-state index contributed by atoms with van der Waals surface area (Å²) in [5.41, 5.74) is 3.97. The van der Waals surface area contributed by atoms with E-state index in [4.69, 9.17) is 9.47 Å². The molecular weight excluding hydrogens is 372 g/mol. The summed E-state index contributed by atoms with van der Waals surface area (Å²) >= 11 is 0. The zero-order valence-electron chi connectivity index (χ0n) is 16.7. The molecule has 3 rings (SSSR count). The molecule has 0 saturated heterocycles. The summed E-state index contributed by atoms with van der Waals surface area (Å²) < 4.78 is 14.7. The van der Waals surface area contributed by atoms with E-state index in [1.54, 1.807) is 7.11 Å². The highest BCUT2D eigenvalue weighted by Crippen LogP contribution is 2.26. The van der Waals surface area contributed by atoms with Crippen LogP contribution in [0.4, 0.5) is 4.79 Å². The van der Waals surface area contributed by atoms with Crippen LogP contribution in [0.2, 0.25) is 0 Å². The van der Waals surface area contributed by atoms with Crippen molar-refractivity contribution in [3.8, 4) is 5.75 Å². The number of H-pyrrole nitrogens is 1. The molecule has 0 unspecified atom stereocenters. The Bertz CT molecular complexity index is 994. The first kappa shape index (κ1) is 20.3. The SMILES string of the molecule is COC(=O)N[C@@H](Cc1c(Cc2ccc(OC)cc2)[nH]c2ccccc12)C(=O)OC. The molecule has 7 nitrogen and oxygen atoms in total. The second-order valence-electron chi connectivity index (χ2n) is 6.57. The third-order valence-electron chi connectivity index (χ3n) is 4.81. The molecule has 2 aromatic carbocycles. The number of esters is 1. The number of hydrogen-bond acceptors (Lipinski definition) is 5. The third-order valence-corrected chi connectivity index (χ3v) is 4.81. The van der Waals surface area contributed by atoms with Crippen molar-refractivity contribution in [2.45, 2.75) is 18.9 Å². The van der Waals surface area contributed by atoms with Crippen molar-refractivity contribution in [1.82, 2.24) is 10.3 Å². The Morgan fingerprint density at radius 3 is 2.38 bits per heavy atom. The van der Waals surface area contributed by atoms with Crippen LogP contribution in [0.15, 0.2) is 48.5 Å². The lowest BCUT2D eigenvalue weighted by molar-refractivity contribution is -0.142. The molecule has 1 aromatic heterocycles. The molecule has 1 atom stereocenters. The van der Waals surface area contributed by atoms with E-state index in [0.29, 0.717) is 6.42 Å². The molecule has 0 radical (unpaired) electrons. The van der Waals surface area contributed by atoms with E-state index < -0.39 is 18.1 Å². The topological polar surface area (TPSA) is 89.7 Å². The number of nitrogens with one attached hydrogen (secondary N) is 2. The monoisotopic (exact) mass is 396 g/mol. The summed E-state index contributed by atoms with van der Waals surface area (Å²) in [7, 11) is 4.18. The van der Waals surface area contributed by atoms with Gasteiger partial charge in [-0.05, 0) is 29.3 Å². The number of carbonyl (C=O) groups is 2. The van der Waals surface area contributed by atoms with Crippen LogP contribution in [0.1, 0.15) is 16.8 Å². The minimum atomic E-state index is -0.860. The number of amides is 1. The van der Waals surface area contributed by atoms with E-state index >= 15 is 0 Å². The Kier molecular flexibility index (Phi) is 6.39. The van der Waals surface area contributed by atoms with Crippen LogP contribution in [-0.4, -0.2) is 44.4 Å². The van der Waals surface area contributed by atoms with E-state index in [1.165, 1.54) is 14.2 Å². The standard InChI is InChI=1S/C22H24N2O5/c1-27-15-10-8-14(9-11-15)12-19-17(16-6-4-5-7-18(16)23-19)13-20(21(25)28-2)24-22(26)29-3/h4-11,20,23H,12-13H2,1-3H3,(H,24,26)/t20-/m0/s1. The molecule has 0 aliphatic carbocycles. The Morgan fingerprint density at radius 1 is 1.00 bits per heavy atom. The number of hydrogen-bond donors (Lipinski definition) is 2. The average Bonchev–Trinajstić information content (AvgIpc) is 3.10. The van der Waals surface area contributed by atoms with Gasteiger partial charge in [-0.1, -0.05) is 30.3 Å². The summed E-state index contributed by atoms with van der Waals surface area (Å²) in [5.74, 6) is 0.259. The van der Waals surface area contributed by atoms with Crippen LogP contribution in [-0.2, 0) is 27.1 Å². The zero-order chi connectivity index (χ0) is 20.8. The number of aromatic nitrogens is 1. The second kappa shape index (κ2) is 9.14. The van der Waals surface area contributed by atoms with Gasteiger partial charge in [0, 0.05) is 29.4 Å². The molecular formula is C22H24N2O5. The number of para-hydroxylation sites is 1. The van der Waals surface area contributed by atoms with Crippen LogP contribution in [0, 0.1) is 0 Å². The van der Waals surface area contributed by atoms with Gasteiger partial charge in [-0.15, -0.1) is 0 Å². The summed E-state index contributed by atoms with van der Waals surface area (Å²) in [6.45, 7) is 0. The lowest BCUT2D eigenvalue weighted by Crippen LogP contribution is -2.43. The molecule has 1 amide bonds. The summed E-state index contributed by atoms with van der Waals surface area (Å²) in [5, 5.41) is 3.56. The van der Waals surface area contributed by atoms with Crippen LogP contribution in [0.25, 0.3) is 10.9 Å². The van der Waals surface area contributed by atoms with E-state index in [-0.39, 0.29) is 6.42 Å². The van der Waals surface area contributed by atoms with Gasteiger partial charge in [0.2, 0.25) is 0 Å².